The Bertz CT molecular complexity index is 1050. The Balaban J connectivity index is 1.72. The van der Waals surface area contributed by atoms with E-state index in [0.29, 0.717) is 21.3 Å². The average molecular weight is 410 g/mol. The smallest absolute Gasteiger partial charge is 0.267 e. The summed E-state index contributed by atoms with van der Waals surface area (Å²) in [6, 6.07) is 13.3. The fourth-order valence-electron chi connectivity index (χ4n) is 3.27. The number of anilines is 1. The molecule has 2 aromatic carbocycles. The molecule has 0 atom stereocenters. The Kier molecular flexibility index (Phi) is 4.87. The summed E-state index contributed by atoms with van der Waals surface area (Å²) in [7, 11) is 0. The van der Waals surface area contributed by atoms with Crippen LogP contribution in [0.15, 0.2) is 66.1 Å². The molecule has 2 aliphatic heterocycles. The van der Waals surface area contributed by atoms with Gasteiger partial charge in [0.05, 0.1) is 22.7 Å². The first-order valence-electron chi connectivity index (χ1n) is 8.56. The number of hydrogen-bond donors (Lipinski definition) is 0. The number of para-hydroxylation sites is 1. The molecule has 140 valence electrons. The van der Waals surface area contributed by atoms with Crippen LogP contribution >= 0.6 is 24.0 Å². The van der Waals surface area contributed by atoms with E-state index in [2.05, 4.69) is 6.58 Å². The molecule has 1 fully saturated rings. The van der Waals surface area contributed by atoms with Gasteiger partial charge in [-0.15, -0.1) is 6.58 Å². The molecular formula is C21H15FN2O2S2. The molecule has 0 spiro atoms. The summed E-state index contributed by atoms with van der Waals surface area (Å²) in [5, 5.41) is 0. The number of thiocarbonyl (C=S) groups is 1. The highest BCUT2D eigenvalue weighted by molar-refractivity contribution is 8.26. The number of hydrogen-bond acceptors (Lipinski definition) is 4. The molecule has 7 heteroatoms. The number of nitrogens with zero attached hydrogens (tertiary/aromatic N) is 2. The van der Waals surface area contributed by atoms with E-state index in [1.807, 2.05) is 24.3 Å². The van der Waals surface area contributed by atoms with Gasteiger partial charge in [0, 0.05) is 12.1 Å². The van der Waals surface area contributed by atoms with E-state index >= 15 is 0 Å². The highest BCUT2D eigenvalue weighted by Crippen LogP contribution is 2.44. The van der Waals surface area contributed by atoms with Crippen LogP contribution < -0.4 is 4.90 Å². The van der Waals surface area contributed by atoms with Crippen LogP contribution in [0.2, 0.25) is 0 Å². The van der Waals surface area contributed by atoms with Gasteiger partial charge in [-0.1, -0.05) is 60.4 Å². The predicted molar refractivity (Wildman–Crippen MR) is 113 cm³/mol. The first-order chi connectivity index (χ1) is 13.5. The second-order valence-corrected chi connectivity index (χ2v) is 7.96. The highest BCUT2D eigenvalue weighted by Gasteiger charge is 2.41. The monoisotopic (exact) mass is 410 g/mol. The van der Waals surface area contributed by atoms with E-state index in [4.69, 9.17) is 12.2 Å². The maximum absolute atomic E-state index is 13.1. The molecule has 0 N–H and O–H groups in total. The van der Waals surface area contributed by atoms with Gasteiger partial charge in [-0.2, -0.15) is 0 Å². The molecule has 0 bridgehead atoms. The van der Waals surface area contributed by atoms with Gasteiger partial charge >= 0.3 is 0 Å². The summed E-state index contributed by atoms with van der Waals surface area (Å²) in [5.41, 5.74) is 2.61. The molecule has 2 aromatic rings. The molecule has 2 aliphatic rings. The second kappa shape index (κ2) is 7.33. The van der Waals surface area contributed by atoms with Crippen molar-refractivity contribution in [2.75, 3.05) is 11.4 Å². The van der Waals surface area contributed by atoms with Crippen molar-refractivity contribution >= 4 is 51.4 Å². The van der Waals surface area contributed by atoms with Crippen LogP contribution in [0.25, 0.3) is 5.57 Å². The average Bonchev–Trinajstić information content (AvgIpc) is 3.12. The van der Waals surface area contributed by atoms with Crippen molar-refractivity contribution in [2.24, 2.45) is 0 Å². The molecule has 0 radical (unpaired) electrons. The summed E-state index contributed by atoms with van der Waals surface area (Å²) in [5.74, 6) is -0.881. The number of thioether (sulfide) groups is 1. The Morgan fingerprint density at radius 1 is 1.04 bits per heavy atom. The summed E-state index contributed by atoms with van der Waals surface area (Å²) in [6.07, 6.45) is 1.65. The van der Waals surface area contributed by atoms with Gasteiger partial charge in [0.15, 0.2) is 0 Å². The van der Waals surface area contributed by atoms with Gasteiger partial charge in [0.2, 0.25) is 0 Å². The Labute approximate surface area is 171 Å². The van der Waals surface area contributed by atoms with Gasteiger partial charge in [-0.25, -0.2) is 4.39 Å². The summed E-state index contributed by atoms with van der Waals surface area (Å²) >= 11 is 6.52. The van der Waals surface area contributed by atoms with Crippen molar-refractivity contribution in [1.82, 2.24) is 4.90 Å². The zero-order valence-electron chi connectivity index (χ0n) is 14.7. The number of fused-ring (bicyclic) bond motifs is 1. The van der Waals surface area contributed by atoms with Gasteiger partial charge in [-0.05, 0) is 23.8 Å². The van der Waals surface area contributed by atoms with Crippen LogP contribution in [0.1, 0.15) is 11.1 Å². The van der Waals surface area contributed by atoms with Gasteiger partial charge in [0.25, 0.3) is 11.8 Å². The van der Waals surface area contributed by atoms with E-state index in [1.165, 1.54) is 17.0 Å². The number of amides is 2. The Morgan fingerprint density at radius 2 is 1.75 bits per heavy atom. The van der Waals surface area contributed by atoms with Crippen molar-refractivity contribution in [1.29, 1.82) is 0 Å². The van der Waals surface area contributed by atoms with Crippen molar-refractivity contribution in [3.05, 3.63) is 83.0 Å². The number of benzene rings is 2. The molecule has 2 heterocycles. The molecule has 1 saturated heterocycles. The molecule has 4 nitrogen and oxygen atoms in total. The van der Waals surface area contributed by atoms with Crippen molar-refractivity contribution in [3.63, 3.8) is 0 Å². The highest BCUT2D eigenvalue weighted by atomic mass is 32.2. The zero-order chi connectivity index (χ0) is 19.8. The fourth-order valence-corrected chi connectivity index (χ4v) is 4.59. The Hall–Kier alpha value is -2.77. The fraction of sp³-hybridized carbons (Fsp3) is 0.0952. The van der Waals surface area contributed by atoms with E-state index in [-0.39, 0.29) is 24.2 Å². The largest absolute Gasteiger partial charge is 0.304 e. The summed E-state index contributed by atoms with van der Waals surface area (Å²) < 4.78 is 13.5. The second-order valence-electron chi connectivity index (χ2n) is 6.31. The third kappa shape index (κ3) is 3.06. The molecule has 2 amide bonds. The minimum Gasteiger partial charge on any atom is -0.304 e. The number of rotatable bonds is 4. The van der Waals surface area contributed by atoms with Gasteiger partial charge < -0.3 is 4.90 Å². The minimum atomic E-state index is -0.341. The van der Waals surface area contributed by atoms with Crippen LogP contribution in [0.3, 0.4) is 0 Å². The third-order valence-corrected chi connectivity index (χ3v) is 6.01. The standard InChI is InChI=1S/C21H15FN2O2S2/c1-2-11-23-16-6-4-3-5-15(16)17(19(23)25)18-20(26)24(21(27)28-18)12-13-7-9-14(22)10-8-13/h2-10H,1,11-12H2. The maximum Gasteiger partial charge on any atom is 0.267 e. The van der Waals surface area contributed by atoms with Gasteiger partial charge in [-0.3, -0.25) is 14.5 Å². The van der Waals surface area contributed by atoms with E-state index < -0.39 is 0 Å². The molecule has 0 unspecified atom stereocenters. The van der Waals surface area contributed by atoms with Crippen molar-refractivity contribution in [3.8, 4) is 0 Å². The van der Waals surface area contributed by atoms with E-state index in [9.17, 15) is 14.0 Å². The lowest BCUT2D eigenvalue weighted by Gasteiger charge is -2.15. The first kappa shape index (κ1) is 18.6. The summed E-state index contributed by atoms with van der Waals surface area (Å²) in [6.45, 7) is 4.29. The number of carbonyl (C=O) groups excluding carboxylic acids is 2. The SMILES string of the molecule is C=CCN1C(=O)C(=C2SC(=S)N(Cc3ccc(F)cc3)C2=O)c2ccccc21. The maximum atomic E-state index is 13.1. The van der Waals surface area contributed by atoms with Crippen LogP contribution in [-0.4, -0.2) is 27.6 Å². The molecule has 0 aliphatic carbocycles. The van der Waals surface area contributed by atoms with Gasteiger partial charge in [0.1, 0.15) is 10.1 Å². The number of halogens is 1. The third-order valence-electron chi connectivity index (χ3n) is 4.57. The topological polar surface area (TPSA) is 40.6 Å². The van der Waals surface area contributed by atoms with Crippen LogP contribution in [0, 0.1) is 5.82 Å². The predicted octanol–water partition coefficient (Wildman–Crippen LogP) is 4.13. The van der Waals surface area contributed by atoms with Crippen molar-refractivity contribution in [2.45, 2.75) is 6.54 Å². The van der Waals surface area contributed by atoms with Crippen LogP contribution in [0.5, 0.6) is 0 Å². The first-order valence-corrected chi connectivity index (χ1v) is 9.78. The normalized spacial score (nSPS) is 18.8. The molecule has 4 rings (SSSR count). The molecule has 28 heavy (non-hydrogen) atoms. The molecule has 0 aromatic heterocycles. The lowest BCUT2D eigenvalue weighted by Crippen LogP contribution is -2.29. The van der Waals surface area contributed by atoms with E-state index in [1.54, 1.807) is 23.1 Å². The van der Waals surface area contributed by atoms with Crippen molar-refractivity contribution < 1.29 is 14.0 Å². The van der Waals surface area contributed by atoms with Crippen LogP contribution in [0.4, 0.5) is 10.1 Å². The minimum absolute atomic E-state index is 0.230. The zero-order valence-corrected chi connectivity index (χ0v) is 16.4. The quantitative estimate of drug-likeness (QED) is 0.432. The lowest BCUT2D eigenvalue weighted by atomic mass is 10.1. The van der Waals surface area contributed by atoms with Crippen LogP contribution in [-0.2, 0) is 16.1 Å². The van der Waals surface area contributed by atoms with E-state index in [0.717, 1.165) is 28.6 Å². The lowest BCUT2D eigenvalue weighted by molar-refractivity contribution is -0.122. The molecule has 0 saturated carbocycles. The number of carbonyl (C=O) groups is 2. The summed E-state index contributed by atoms with van der Waals surface area (Å²) in [4.78, 5) is 29.5. The Morgan fingerprint density at radius 3 is 2.46 bits per heavy atom. The molecular weight excluding hydrogens is 395 g/mol.